The fourth-order valence-corrected chi connectivity index (χ4v) is 1.69. The third-order valence-corrected chi connectivity index (χ3v) is 2.53. The van der Waals surface area contributed by atoms with Gasteiger partial charge in [-0.15, -0.1) is 12.6 Å². The lowest BCUT2D eigenvalue weighted by Crippen LogP contribution is -1.95. The van der Waals surface area contributed by atoms with Crippen LogP contribution in [0.15, 0.2) is 11.0 Å². The molecule has 0 saturated carbocycles. The van der Waals surface area contributed by atoms with E-state index in [0.717, 1.165) is 27.5 Å². The summed E-state index contributed by atoms with van der Waals surface area (Å²) in [6.07, 6.45) is 0. The van der Waals surface area contributed by atoms with Crippen molar-refractivity contribution in [2.75, 3.05) is 14.2 Å². The molecule has 13 heavy (non-hydrogen) atoms. The number of ether oxygens (including phenoxy) is 2. The maximum Gasteiger partial charge on any atom is 0.135 e. The molecule has 0 aliphatic heterocycles. The number of hydrogen-bond donors (Lipinski definition) is 1. The standard InChI is InChI=1S/C10H14O2S/c1-6-7(2)10(12-4)9(13)5-8(6)11-3/h5,13H,1-4H3. The lowest BCUT2D eigenvalue weighted by molar-refractivity contribution is 0.389. The van der Waals surface area contributed by atoms with E-state index in [-0.39, 0.29) is 0 Å². The van der Waals surface area contributed by atoms with Crippen LogP contribution in [0.4, 0.5) is 0 Å². The predicted octanol–water partition coefficient (Wildman–Crippen LogP) is 2.61. The van der Waals surface area contributed by atoms with E-state index in [1.165, 1.54) is 0 Å². The number of rotatable bonds is 2. The Bertz CT molecular complexity index is 321. The van der Waals surface area contributed by atoms with Gasteiger partial charge in [-0.2, -0.15) is 0 Å². The Morgan fingerprint density at radius 2 is 1.69 bits per heavy atom. The Morgan fingerprint density at radius 3 is 2.15 bits per heavy atom. The molecule has 2 nitrogen and oxygen atoms in total. The molecule has 0 aliphatic carbocycles. The summed E-state index contributed by atoms with van der Waals surface area (Å²) in [5.41, 5.74) is 2.17. The molecule has 0 unspecified atom stereocenters. The highest BCUT2D eigenvalue weighted by Crippen LogP contribution is 2.35. The van der Waals surface area contributed by atoms with E-state index in [1.807, 2.05) is 19.9 Å². The van der Waals surface area contributed by atoms with Gasteiger partial charge in [0.05, 0.1) is 19.1 Å². The molecule has 0 fully saturated rings. The topological polar surface area (TPSA) is 18.5 Å². The summed E-state index contributed by atoms with van der Waals surface area (Å²) in [4.78, 5) is 0.808. The van der Waals surface area contributed by atoms with Crippen LogP contribution in [0.25, 0.3) is 0 Å². The third kappa shape index (κ3) is 1.75. The largest absolute Gasteiger partial charge is 0.496 e. The van der Waals surface area contributed by atoms with Gasteiger partial charge < -0.3 is 9.47 Å². The fourth-order valence-electron chi connectivity index (χ4n) is 1.31. The van der Waals surface area contributed by atoms with Gasteiger partial charge in [0, 0.05) is 0 Å². The van der Waals surface area contributed by atoms with Crippen molar-refractivity contribution in [2.45, 2.75) is 18.7 Å². The highest BCUT2D eigenvalue weighted by molar-refractivity contribution is 7.80. The normalized spacial score (nSPS) is 9.92. The van der Waals surface area contributed by atoms with Gasteiger partial charge in [-0.25, -0.2) is 0 Å². The molecule has 1 aromatic carbocycles. The molecule has 0 N–H and O–H groups in total. The van der Waals surface area contributed by atoms with Crippen LogP contribution >= 0.6 is 12.6 Å². The van der Waals surface area contributed by atoms with Gasteiger partial charge in [0.2, 0.25) is 0 Å². The molecule has 72 valence electrons. The van der Waals surface area contributed by atoms with E-state index < -0.39 is 0 Å². The zero-order valence-electron chi connectivity index (χ0n) is 8.34. The van der Waals surface area contributed by atoms with E-state index in [1.54, 1.807) is 14.2 Å². The van der Waals surface area contributed by atoms with Crippen molar-refractivity contribution >= 4 is 12.6 Å². The van der Waals surface area contributed by atoms with Crippen molar-refractivity contribution in [1.82, 2.24) is 0 Å². The maximum atomic E-state index is 5.22. The molecule has 0 aromatic heterocycles. The molecular weight excluding hydrogens is 184 g/mol. The highest BCUT2D eigenvalue weighted by Gasteiger charge is 2.10. The van der Waals surface area contributed by atoms with Crippen LogP contribution in [-0.2, 0) is 0 Å². The van der Waals surface area contributed by atoms with Crippen LogP contribution in [0.1, 0.15) is 11.1 Å². The van der Waals surface area contributed by atoms with Crippen LogP contribution in [0.2, 0.25) is 0 Å². The summed E-state index contributed by atoms with van der Waals surface area (Å²) in [7, 11) is 3.30. The molecular formula is C10H14O2S. The van der Waals surface area contributed by atoms with Crippen LogP contribution < -0.4 is 9.47 Å². The first-order valence-electron chi connectivity index (χ1n) is 4.03. The first kappa shape index (κ1) is 10.3. The van der Waals surface area contributed by atoms with Crippen LogP contribution in [0.5, 0.6) is 11.5 Å². The first-order chi connectivity index (χ1) is 6.11. The molecule has 0 bridgehead atoms. The molecule has 0 radical (unpaired) electrons. The van der Waals surface area contributed by atoms with E-state index in [9.17, 15) is 0 Å². The summed E-state index contributed by atoms with van der Waals surface area (Å²) in [5.74, 6) is 1.67. The highest BCUT2D eigenvalue weighted by atomic mass is 32.1. The average Bonchev–Trinajstić information content (AvgIpc) is 2.12. The Balaban J connectivity index is 3.37. The van der Waals surface area contributed by atoms with Crippen molar-refractivity contribution in [2.24, 2.45) is 0 Å². The Hall–Kier alpha value is -0.830. The minimum Gasteiger partial charge on any atom is -0.496 e. The molecule has 0 aliphatic rings. The molecule has 0 atom stereocenters. The molecule has 0 saturated heterocycles. The number of methoxy groups -OCH3 is 2. The third-order valence-electron chi connectivity index (χ3n) is 2.20. The zero-order chi connectivity index (χ0) is 10.0. The Labute approximate surface area is 84.3 Å². The van der Waals surface area contributed by atoms with E-state index in [2.05, 4.69) is 12.6 Å². The number of benzene rings is 1. The summed E-state index contributed by atoms with van der Waals surface area (Å²) in [6, 6.07) is 1.87. The molecule has 3 heteroatoms. The lowest BCUT2D eigenvalue weighted by atomic mass is 10.1. The molecule has 0 heterocycles. The maximum absolute atomic E-state index is 5.22. The van der Waals surface area contributed by atoms with Gasteiger partial charge >= 0.3 is 0 Å². The average molecular weight is 198 g/mol. The van der Waals surface area contributed by atoms with Crippen molar-refractivity contribution in [3.8, 4) is 11.5 Å². The minimum absolute atomic E-state index is 0.808. The van der Waals surface area contributed by atoms with Gasteiger partial charge in [0.1, 0.15) is 11.5 Å². The zero-order valence-corrected chi connectivity index (χ0v) is 9.24. The van der Waals surface area contributed by atoms with Crippen molar-refractivity contribution in [3.05, 3.63) is 17.2 Å². The fraction of sp³-hybridized carbons (Fsp3) is 0.400. The lowest BCUT2D eigenvalue weighted by Gasteiger charge is -2.13. The summed E-state index contributed by atoms with van der Waals surface area (Å²) in [6.45, 7) is 4.00. The van der Waals surface area contributed by atoms with Crippen molar-refractivity contribution < 1.29 is 9.47 Å². The second-order valence-corrected chi connectivity index (χ2v) is 3.36. The van der Waals surface area contributed by atoms with Gasteiger partial charge in [-0.1, -0.05) is 0 Å². The minimum atomic E-state index is 0.808. The van der Waals surface area contributed by atoms with E-state index in [4.69, 9.17) is 9.47 Å². The van der Waals surface area contributed by atoms with Gasteiger partial charge in [-0.3, -0.25) is 0 Å². The molecule has 1 aromatic rings. The second kappa shape index (κ2) is 3.92. The monoisotopic (exact) mass is 198 g/mol. The summed E-state index contributed by atoms with van der Waals surface area (Å²) >= 11 is 4.31. The second-order valence-electron chi connectivity index (χ2n) is 2.88. The van der Waals surface area contributed by atoms with Crippen LogP contribution in [0, 0.1) is 13.8 Å². The SMILES string of the molecule is COc1cc(S)c(OC)c(C)c1C. The van der Waals surface area contributed by atoms with Crippen LogP contribution in [-0.4, -0.2) is 14.2 Å². The number of hydrogen-bond acceptors (Lipinski definition) is 3. The molecule has 1 rings (SSSR count). The molecule has 0 spiro atoms. The van der Waals surface area contributed by atoms with E-state index in [0.29, 0.717) is 0 Å². The van der Waals surface area contributed by atoms with Crippen LogP contribution in [0.3, 0.4) is 0 Å². The van der Waals surface area contributed by atoms with Gasteiger partial charge in [0.15, 0.2) is 0 Å². The van der Waals surface area contributed by atoms with Crippen molar-refractivity contribution in [3.63, 3.8) is 0 Å². The Kier molecular flexibility index (Phi) is 3.09. The van der Waals surface area contributed by atoms with E-state index >= 15 is 0 Å². The summed E-state index contributed by atoms with van der Waals surface area (Å²) < 4.78 is 10.4. The number of thiol groups is 1. The predicted molar refractivity (Wildman–Crippen MR) is 56.3 cm³/mol. The first-order valence-corrected chi connectivity index (χ1v) is 4.47. The Morgan fingerprint density at radius 1 is 1.08 bits per heavy atom. The summed E-state index contributed by atoms with van der Waals surface area (Å²) in [5, 5.41) is 0. The van der Waals surface area contributed by atoms with Gasteiger partial charge in [0.25, 0.3) is 0 Å². The molecule has 0 amide bonds. The van der Waals surface area contributed by atoms with Gasteiger partial charge in [-0.05, 0) is 31.0 Å². The quantitative estimate of drug-likeness (QED) is 0.736. The van der Waals surface area contributed by atoms with Crippen molar-refractivity contribution in [1.29, 1.82) is 0 Å². The smallest absolute Gasteiger partial charge is 0.135 e.